The summed E-state index contributed by atoms with van der Waals surface area (Å²) in [4.78, 5) is 2.38. The first-order chi connectivity index (χ1) is 25.8. The maximum absolute atomic E-state index is 2.38. The van der Waals surface area contributed by atoms with Crippen LogP contribution in [0.2, 0.25) is 0 Å². The lowest BCUT2D eigenvalue weighted by Crippen LogP contribution is -2.09. The molecule has 0 aliphatic heterocycles. The minimum absolute atomic E-state index is 1.12. The SMILES string of the molecule is c1ccc(-c2cccc3cc(-c4ccc(N(c5ccc(-c6cccc7ccccc67)cc5)c5ccc6c(c5)sc5ccccc56)cc4)ccc23)cc1. The fraction of sp³-hybridized carbons (Fsp3) is 0. The van der Waals surface area contributed by atoms with Gasteiger partial charge < -0.3 is 4.90 Å². The second kappa shape index (κ2) is 12.7. The van der Waals surface area contributed by atoms with Crippen molar-refractivity contribution in [2.24, 2.45) is 0 Å². The summed E-state index contributed by atoms with van der Waals surface area (Å²) in [7, 11) is 0. The Hall–Kier alpha value is -6.48. The van der Waals surface area contributed by atoms with Crippen molar-refractivity contribution in [2.45, 2.75) is 0 Å². The first kappa shape index (κ1) is 30.4. The van der Waals surface area contributed by atoms with E-state index in [-0.39, 0.29) is 0 Å². The summed E-state index contributed by atoms with van der Waals surface area (Å²) in [6.45, 7) is 0. The third-order valence-electron chi connectivity index (χ3n) is 10.3. The molecule has 0 aliphatic rings. The summed E-state index contributed by atoms with van der Waals surface area (Å²) in [5.41, 5.74) is 10.8. The van der Waals surface area contributed by atoms with Crippen LogP contribution in [0.25, 0.3) is 75.1 Å². The first-order valence-electron chi connectivity index (χ1n) is 17.8. The van der Waals surface area contributed by atoms with Crippen LogP contribution in [-0.2, 0) is 0 Å². The highest BCUT2D eigenvalue weighted by molar-refractivity contribution is 7.25. The molecule has 0 unspecified atom stereocenters. The molecular weight excluding hydrogens is 647 g/mol. The second-order valence-electron chi connectivity index (χ2n) is 13.3. The predicted octanol–water partition coefficient (Wildman–Crippen LogP) is 14.8. The molecule has 2 heteroatoms. The number of hydrogen-bond donors (Lipinski definition) is 0. The zero-order chi connectivity index (χ0) is 34.4. The molecule has 1 heterocycles. The molecule has 1 nitrogen and oxygen atoms in total. The fourth-order valence-corrected chi connectivity index (χ4v) is 8.84. The molecule has 0 saturated carbocycles. The van der Waals surface area contributed by atoms with E-state index in [0.717, 1.165) is 17.1 Å². The van der Waals surface area contributed by atoms with Gasteiger partial charge in [-0.25, -0.2) is 0 Å². The van der Waals surface area contributed by atoms with E-state index in [1.807, 2.05) is 11.3 Å². The molecule has 244 valence electrons. The van der Waals surface area contributed by atoms with Crippen molar-refractivity contribution in [3.8, 4) is 33.4 Å². The molecular formula is C50H33NS. The minimum atomic E-state index is 1.12. The maximum Gasteiger partial charge on any atom is 0.0476 e. The highest BCUT2D eigenvalue weighted by Crippen LogP contribution is 2.42. The summed E-state index contributed by atoms with van der Waals surface area (Å²) < 4.78 is 2.61. The lowest BCUT2D eigenvalue weighted by atomic mass is 9.95. The zero-order valence-corrected chi connectivity index (χ0v) is 29.2. The second-order valence-corrected chi connectivity index (χ2v) is 14.4. The van der Waals surface area contributed by atoms with Crippen LogP contribution in [0, 0.1) is 0 Å². The van der Waals surface area contributed by atoms with E-state index in [1.54, 1.807) is 0 Å². The molecule has 0 fully saturated rings. The minimum Gasteiger partial charge on any atom is -0.310 e. The van der Waals surface area contributed by atoms with Crippen LogP contribution in [0.1, 0.15) is 0 Å². The molecule has 0 saturated heterocycles. The van der Waals surface area contributed by atoms with Gasteiger partial charge in [-0.3, -0.25) is 0 Å². The third kappa shape index (κ3) is 5.33. The molecule has 9 aromatic carbocycles. The van der Waals surface area contributed by atoms with E-state index in [1.165, 1.54) is 75.1 Å². The molecule has 0 amide bonds. The number of rotatable bonds is 6. The number of thiophene rings is 1. The third-order valence-corrected chi connectivity index (χ3v) is 11.4. The Balaban J connectivity index is 1.05. The van der Waals surface area contributed by atoms with Gasteiger partial charge in [0.25, 0.3) is 0 Å². The normalized spacial score (nSPS) is 11.5. The molecule has 0 aliphatic carbocycles. The smallest absolute Gasteiger partial charge is 0.0476 e. The average Bonchev–Trinajstić information content (AvgIpc) is 3.59. The number of hydrogen-bond acceptors (Lipinski definition) is 2. The summed E-state index contributed by atoms with van der Waals surface area (Å²) in [5, 5.41) is 7.65. The maximum atomic E-state index is 2.38. The topological polar surface area (TPSA) is 3.24 Å². The molecule has 0 spiro atoms. The highest BCUT2D eigenvalue weighted by Gasteiger charge is 2.16. The van der Waals surface area contributed by atoms with Crippen LogP contribution in [0.3, 0.4) is 0 Å². The Morgan fingerprint density at radius 3 is 1.58 bits per heavy atom. The molecule has 0 N–H and O–H groups in total. The monoisotopic (exact) mass is 679 g/mol. The lowest BCUT2D eigenvalue weighted by Gasteiger charge is -2.26. The van der Waals surface area contributed by atoms with Gasteiger partial charge in [0.1, 0.15) is 0 Å². The standard InChI is InChI=1S/C50H33NS/c1-2-10-35(11-3-1)44-18-9-14-39-32-38(24-30-46(39)44)34-20-25-40(26-21-34)51(42-29-31-48-47-16-6-7-19-49(47)52-50(48)33-42)41-27-22-37(23-28-41)45-17-8-13-36-12-4-5-15-43(36)45/h1-33H. The molecule has 10 aromatic rings. The number of fused-ring (bicyclic) bond motifs is 5. The Kier molecular flexibility index (Phi) is 7.41. The van der Waals surface area contributed by atoms with Crippen molar-refractivity contribution < 1.29 is 0 Å². The number of benzene rings is 9. The number of nitrogens with zero attached hydrogens (tertiary/aromatic N) is 1. The van der Waals surface area contributed by atoms with E-state index in [0.29, 0.717) is 0 Å². The Morgan fingerprint density at radius 2 is 0.808 bits per heavy atom. The summed E-state index contributed by atoms with van der Waals surface area (Å²) >= 11 is 1.86. The van der Waals surface area contributed by atoms with E-state index in [9.17, 15) is 0 Å². The van der Waals surface area contributed by atoms with E-state index < -0.39 is 0 Å². The molecule has 0 radical (unpaired) electrons. The lowest BCUT2D eigenvalue weighted by molar-refractivity contribution is 1.29. The van der Waals surface area contributed by atoms with Crippen LogP contribution in [0.5, 0.6) is 0 Å². The van der Waals surface area contributed by atoms with Crippen LogP contribution < -0.4 is 4.90 Å². The van der Waals surface area contributed by atoms with E-state index in [2.05, 4.69) is 205 Å². The van der Waals surface area contributed by atoms with E-state index in [4.69, 9.17) is 0 Å². The van der Waals surface area contributed by atoms with Gasteiger partial charge in [0.15, 0.2) is 0 Å². The molecule has 52 heavy (non-hydrogen) atoms. The van der Waals surface area contributed by atoms with Crippen molar-refractivity contribution in [3.63, 3.8) is 0 Å². The molecule has 0 atom stereocenters. The summed E-state index contributed by atoms with van der Waals surface area (Å²) in [6, 6.07) is 72.9. The van der Waals surface area contributed by atoms with Gasteiger partial charge in [-0.1, -0.05) is 152 Å². The van der Waals surface area contributed by atoms with Gasteiger partial charge in [-0.2, -0.15) is 0 Å². The molecule has 10 rings (SSSR count). The van der Waals surface area contributed by atoms with Crippen molar-refractivity contribution in [2.75, 3.05) is 4.90 Å². The molecule has 0 bridgehead atoms. The quantitative estimate of drug-likeness (QED) is 0.169. The number of anilines is 3. The Bertz CT molecular complexity index is 2880. The molecule has 1 aromatic heterocycles. The van der Waals surface area contributed by atoms with Crippen molar-refractivity contribution >= 4 is 70.1 Å². The average molecular weight is 680 g/mol. The fourth-order valence-electron chi connectivity index (χ4n) is 7.70. The van der Waals surface area contributed by atoms with Crippen molar-refractivity contribution in [1.29, 1.82) is 0 Å². The van der Waals surface area contributed by atoms with Gasteiger partial charge >= 0.3 is 0 Å². The largest absolute Gasteiger partial charge is 0.310 e. The van der Waals surface area contributed by atoms with Gasteiger partial charge in [0, 0.05) is 37.2 Å². The Morgan fingerprint density at radius 1 is 0.288 bits per heavy atom. The predicted molar refractivity (Wildman–Crippen MR) is 225 cm³/mol. The highest BCUT2D eigenvalue weighted by atomic mass is 32.1. The zero-order valence-electron chi connectivity index (χ0n) is 28.4. The Labute approximate surface area is 307 Å². The van der Waals surface area contributed by atoms with Gasteiger partial charge in [0.2, 0.25) is 0 Å². The van der Waals surface area contributed by atoms with E-state index >= 15 is 0 Å². The first-order valence-corrected chi connectivity index (χ1v) is 18.6. The van der Waals surface area contributed by atoms with Crippen LogP contribution in [0.15, 0.2) is 200 Å². The van der Waals surface area contributed by atoms with Crippen molar-refractivity contribution in [3.05, 3.63) is 200 Å². The summed E-state index contributed by atoms with van der Waals surface area (Å²) in [6.07, 6.45) is 0. The van der Waals surface area contributed by atoms with Crippen LogP contribution in [0.4, 0.5) is 17.1 Å². The van der Waals surface area contributed by atoms with Gasteiger partial charge in [-0.05, 0) is 103 Å². The van der Waals surface area contributed by atoms with Crippen molar-refractivity contribution in [1.82, 2.24) is 0 Å². The van der Waals surface area contributed by atoms with Gasteiger partial charge in [-0.15, -0.1) is 11.3 Å². The summed E-state index contributed by atoms with van der Waals surface area (Å²) in [5.74, 6) is 0. The van der Waals surface area contributed by atoms with Crippen LogP contribution in [-0.4, -0.2) is 0 Å². The van der Waals surface area contributed by atoms with Gasteiger partial charge in [0.05, 0.1) is 0 Å². The van der Waals surface area contributed by atoms with Crippen LogP contribution >= 0.6 is 11.3 Å².